The number of hydrogen-bond acceptors (Lipinski definition) is 3. The number of anilines is 1. The van der Waals surface area contributed by atoms with Gasteiger partial charge in [-0.25, -0.2) is 4.98 Å². The molecule has 4 rings (SSSR count). The zero-order valence-electron chi connectivity index (χ0n) is 16.2. The lowest BCUT2D eigenvalue weighted by Gasteiger charge is -2.21. The molecule has 0 aliphatic heterocycles. The Balaban J connectivity index is 1.94. The van der Waals surface area contributed by atoms with Crippen molar-refractivity contribution in [3.63, 3.8) is 0 Å². The summed E-state index contributed by atoms with van der Waals surface area (Å²) in [5, 5.41) is 0.620. The van der Waals surface area contributed by atoms with E-state index < -0.39 is 0 Å². The first-order valence-electron chi connectivity index (χ1n) is 9.65. The molecule has 0 aliphatic carbocycles. The van der Waals surface area contributed by atoms with Gasteiger partial charge in [-0.3, -0.25) is 9.36 Å². The van der Waals surface area contributed by atoms with Gasteiger partial charge in [0, 0.05) is 24.3 Å². The highest BCUT2D eigenvalue weighted by molar-refractivity contribution is 5.80. The molecule has 0 amide bonds. The second kappa shape index (κ2) is 7.69. The zero-order valence-corrected chi connectivity index (χ0v) is 16.2. The molecule has 0 fully saturated rings. The van der Waals surface area contributed by atoms with E-state index in [1.807, 2.05) is 66.7 Å². The Morgan fingerprint density at radius 2 is 1.46 bits per heavy atom. The summed E-state index contributed by atoms with van der Waals surface area (Å²) in [6, 6.07) is 25.5. The molecule has 140 valence electrons. The van der Waals surface area contributed by atoms with Gasteiger partial charge in [-0.15, -0.1) is 0 Å². The first kappa shape index (κ1) is 18.0. The van der Waals surface area contributed by atoms with Crippen LogP contribution in [0.3, 0.4) is 0 Å². The molecule has 4 aromatic rings. The Labute approximate surface area is 164 Å². The molecule has 0 saturated carbocycles. The van der Waals surface area contributed by atoms with E-state index in [1.165, 1.54) is 5.69 Å². The van der Waals surface area contributed by atoms with Gasteiger partial charge in [0.05, 0.1) is 16.6 Å². The first-order valence-corrected chi connectivity index (χ1v) is 9.65. The molecule has 0 N–H and O–H groups in total. The molecule has 0 radical (unpaired) electrons. The van der Waals surface area contributed by atoms with Crippen molar-refractivity contribution < 1.29 is 0 Å². The molecule has 0 atom stereocenters. The van der Waals surface area contributed by atoms with E-state index in [2.05, 4.69) is 30.9 Å². The van der Waals surface area contributed by atoms with Crippen molar-refractivity contribution in [1.82, 2.24) is 9.55 Å². The van der Waals surface area contributed by atoms with Crippen LogP contribution in [0.25, 0.3) is 28.0 Å². The summed E-state index contributed by atoms with van der Waals surface area (Å²) < 4.78 is 1.70. The highest BCUT2D eigenvalue weighted by Crippen LogP contribution is 2.25. The minimum absolute atomic E-state index is 0.0559. The van der Waals surface area contributed by atoms with Crippen molar-refractivity contribution in [2.45, 2.75) is 13.8 Å². The fourth-order valence-corrected chi connectivity index (χ4v) is 3.55. The summed E-state index contributed by atoms with van der Waals surface area (Å²) in [4.78, 5) is 20.4. The normalized spacial score (nSPS) is 10.9. The summed E-state index contributed by atoms with van der Waals surface area (Å²) in [6.45, 7) is 6.21. The quantitative estimate of drug-likeness (QED) is 0.502. The van der Waals surface area contributed by atoms with Gasteiger partial charge in [0.2, 0.25) is 0 Å². The number of hydrogen-bond donors (Lipinski definition) is 0. The lowest BCUT2D eigenvalue weighted by molar-refractivity contribution is 0.866. The number of para-hydroxylation sites is 2. The molecule has 4 nitrogen and oxygen atoms in total. The number of rotatable bonds is 5. The molecular formula is C24H23N3O. The molecule has 4 heteroatoms. The van der Waals surface area contributed by atoms with Gasteiger partial charge in [-0.2, -0.15) is 0 Å². The van der Waals surface area contributed by atoms with Crippen LogP contribution in [0.2, 0.25) is 0 Å². The highest BCUT2D eigenvalue weighted by atomic mass is 16.1. The molecule has 0 bridgehead atoms. The van der Waals surface area contributed by atoms with Gasteiger partial charge in [0.25, 0.3) is 5.56 Å². The van der Waals surface area contributed by atoms with Crippen molar-refractivity contribution in [3.8, 4) is 17.1 Å². The molecule has 1 heterocycles. The van der Waals surface area contributed by atoms with Gasteiger partial charge >= 0.3 is 0 Å². The number of aromatic nitrogens is 2. The molecule has 0 unspecified atom stereocenters. The minimum Gasteiger partial charge on any atom is -0.372 e. The van der Waals surface area contributed by atoms with Crippen molar-refractivity contribution in [2.75, 3.05) is 18.0 Å². The van der Waals surface area contributed by atoms with Crippen LogP contribution in [-0.2, 0) is 0 Å². The summed E-state index contributed by atoms with van der Waals surface area (Å²) in [5.41, 5.74) is 3.56. The third-order valence-corrected chi connectivity index (χ3v) is 5.04. The van der Waals surface area contributed by atoms with E-state index in [-0.39, 0.29) is 5.56 Å². The monoisotopic (exact) mass is 369 g/mol. The first-order chi connectivity index (χ1) is 13.7. The van der Waals surface area contributed by atoms with Gasteiger partial charge in [0.1, 0.15) is 5.82 Å². The number of nitrogens with zero attached hydrogens (tertiary/aromatic N) is 3. The Hall–Kier alpha value is -3.40. The Morgan fingerprint density at radius 1 is 0.821 bits per heavy atom. The van der Waals surface area contributed by atoms with E-state index in [9.17, 15) is 4.79 Å². The predicted octanol–water partition coefficient (Wildman–Crippen LogP) is 4.90. The van der Waals surface area contributed by atoms with E-state index in [4.69, 9.17) is 4.98 Å². The number of fused-ring (bicyclic) bond motifs is 1. The summed E-state index contributed by atoms with van der Waals surface area (Å²) >= 11 is 0. The molecule has 3 aromatic carbocycles. The average Bonchev–Trinajstić information content (AvgIpc) is 2.76. The molecule has 0 aliphatic rings. The van der Waals surface area contributed by atoms with Crippen molar-refractivity contribution in [2.24, 2.45) is 0 Å². The van der Waals surface area contributed by atoms with Crippen LogP contribution in [0, 0.1) is 0 Å². The topological polar surface area (TPSA) is 38.1 Å². The van der Waals surface area contributed by atoms with Gasteiger partial charge in [-0.05, 0) is 62.4 Å². The standard InChI is InChI=1S/C24H23N3O/c1-3-26(4-2)19-16-14-18(15-17-19)23-25-22-13-9-8-12-21(22)24(28)27(23)20-10-6-5-7-11-20/h5-17H,3-4H2,1-2H3. The maximum atomic E-state index is 13.3. The van der Waals surface area contributed by atoms with Crippen LogP contribution < -0.4 is 10.5 Å². The van der Waals surface area contributed by atoms with Gasteiger partial charge < -0.3 is 4.90 Å². The van der Waals surface area contributed by atoms with Crippen molar-refractivity contribution >= 4 is 16.6 Å². The zero-order chi connectivity index (χ0) is 19.5. The van der Waals surface area contributed by atoms with E-state index >= 15 is 0 Å². The van der Waals surface area contributed by atoms with Crippen molar-refractivity contribution in [1.29, 1.82) is 0 Å². The van der Waals surface area contributed by atoms with E-state index in [0.717, 1.165) is 24.3 Å². The summed E-state index contributed by atoms with van der Waals surface area (Å²) in [6.07, 6.45) is 0. The van der Waals surface area contributed by atoms with E-state index in [1.54, 1.807) is 4.57 Å². The van der Waals surface area contributed by atoms with Crippen LogP contribution in [0.1, 0.15) is 13.8 Å². The average molecular weight is 369 g/mol. The third-order valence-electron chi connectivity index (χ3n) is 5.04. The Bertz CT molecular complexity index is 1140. The van der Waals surface area contributed by atoms with Gasteiger partial charge in [0.15, 0.2) is 0 Å². The Morgan fingerprint density at radius 3 is 2.14 bits per heavy atom. The fraction of sp³-hybridized carbons (Fsp3) is 0.167. The summed E-state index contributed by atoms with van der Waals surface area (Å²) in [7, 11) is 0. The second-order valence-electron chi connectivity index (χ2n) is 6.65. The molecular weight excluding hydrogens is 346 g/mol. The molecule has 1 aromatic heterocycles. The number of benzene rings is 3. The molecule has 28 heavy (non-hydrogen) atoms. The van der Waals surface area contributed by atoms with E-state index in [0.29, 0.717) is 16.7 Å². The molecule has 0 spiro atoms. The molecule has 0 saturated heterocycles. The SMILES string of the molecule is CCN(CC)c1ccc(-c2nc3ccccc3c(=O)n2-c2ccccc2)cc1. The van der Waals surface area contributed by atoms with Crippen LogP contribution in [0.4, 0.5) is 5.69 Å². The smallest absolute Gasteiger partial charge is 0.266 e. The lowest BCUT2D eigenvalue weighted by Crippen LogP contribution is -2.22. The third kappa shape index (κ3) is 3.18. The largest absolute Gasteiger partial charge is 0.372 e. The summed E-state index contributed by atoms with van der Waals surface area (Å²) in [5.74, 6) is 0.654. The highest BCUT2D eigenvalue weighted by Gasteiger charge is 2.14. The maximum absolute atomic E-state index is 13.3. The van der Waals surface area contributed by atoms with Crippen LogP contribution in [0.15, 0.2) is 83.7 Å². The van der Waals surface area contributed by atoms with Crippen LogP contribution >= 0.6 is 0 Å². The van der Waals surface area contributed by atoms with Crippen LogP contribution in [-0.4, -0.2) is 22.6 Å². The Kier molecular flexibility index (Phi) is 4.94. The lowest BCUT2D eigenvalue weighted by atomic mass is 10.1. The predicted molar refractivity (Wildman–Crippen MR) is 116 cm³/mol. The second-order valence-corrected chi connectivity index (χ2v) is 6.65. The fourth-order valence-electron chi connectivity index (χ4n) is 3.55. The van der Waals surface area contributed by atoms with Crippen LogP contribution in [0.5, 0.6) is 0 Å². The van der Waals surface area contributed by atoms with Crippen molar-refractivity contribution in [3.05, 3.63) is 89.2 Å². The maximum Gasteiger partial charge on any atom is 0.266 e. The minimum atomic E-state index is -0.0559. The van der Waals surface area contributed by atoms with Gasteiger partial charge in [-0.1, -0.05) is 30.3 Å².